The highest BCUT2D eigenvalue weighted by Gasteiger charge is 2.38. The van der Waals surface area contributed by atoms with Crippen molar-refractivity contribution in [3.8, 4) is 0 Å². The number of amides is 2. The molecule has 10 heteroatoms. The number of hydrogen-bond donors (Lipinski definition) is 1. The first-order chi connectivity index (χ1) is 18.6. The summed E-state index contributed by atoms with van der Waals surface area (Å²) in [7, 11) is 0. The first-order valence-electron chi connectivity index (χ1n) is 13.4. The van der Waals surface area contributed by atoms with Crippen LogP contribution >= 0.6 is 0 Å². The molecular formula is C29H34F2N6O2. The third kappa shape index (κ3) is 5.85. The Balaban J connectivity index is 1.55. The number of alkyl halides is 2. The highest BCUT2D eigenvalue weighted by atomic mass is 19.3. The zero-order chi connectivity index (χ0) is 27.7. The molecule has 2 aliphatic heterocycles. The third-order valence-corrected chi connectivity index (χ3v) is 7.57. The van der Waals surface area contributed by atoms with Gasteiger partial charge in [0.25, 0.3) is 11.8 Å². The molecule has 206 valence electrons. The van der Waals surface area contributed by atoms with E-state index in [-0.39, 0.29) is 30.8 Å². The minimum atomic E-state index is -2.66. The lowest BCUT2D eigenvalue weighted by Gasteiger charge is -2.26. The average molecular weight is 537 g/mol. The maximum atomic E-state index is 13.8. The summed E-state index contributed by atoms with van der Waals surface area (Å²) < 4.78 is 29.6. The van der Waals surface area contributed by atoms with Gasteiger partial charge in [-0.25, -0.2) is 13.8 Å². The molecule has 0 radical (unpaired) electrons. The van der Waals surface area contributed by atoms with Gasteiger partial charge in [0.2, 0.25) is 11.9 Å². The monoisotopic (exact) mass is 536 g/mol. The molecule has 5 rings (SSSR count). The fraction of sp³-hybridized carbons (Fsp3) is 0.448. The van der Waals surface area contributed by atoms with Crippen molar-refractivity contribution in [2.24, 2.45) is 0 Å². The van der Waals surface area contributed by atoms with Gasteiger partial charge < -0.3 is 9.47 Å². The number of carbonyl (C=O) groups is 2. The molecule has 2 aromatic heterocycles. The lowest BCUT2D eigenvalue weighted by molar-refractivity contribution is -0.126. The molecule has 4 heterocycles. The van der Waals surface area contributed by atoms with Gasteiger partial charge in [0.1, 0.15) is 0 Å². The largest absolute Gasteiger partial charge is 0.337 e. The molecule has 39 heavy (non-hydrogen) atoms. The fourth-order valence-corrected chi connectivity index (χ4v) is 5.76. The molecular weight excluding hydrogens is 502 g/mol. The van der Waals surface area contributed by atoms with Crippen molar-refractivity contribution < 1.29 is 18.4 Å². The van der Waals surface area contributed by atoms with Crippen LogP contribution in [-0.4, -0.2) is 68.3 Å². The van der Waals surface area contributed by atoms with E-state index in [4.69, 9.17) is 4.98 Å². The average Bonchev–Trinajstić information content (AvgIpc) is 3.31. The number of aromatic nitrogens is 3. The molecule has 0 saturated carbocycles. The molecule has 2 fully saturated rings. The number of aryl methyl sites for hydroxylation is 2. The van der Waals surface area contributed by atoms with E-state index in [1.165, 1.54) is 6.08 Å². The SMILES string of the molecule is C=CC(=O)N1CCCCC(n2c(NC(=O)c3ccnc(C)c3)nc3cc(CN4CCC(F)(F)C4)cc(C)c32)C1. The van der Waals surface area contributed by atoms with Crippen LogP contribution in [0.15, 0.2) is 43.1 Å². The van der Waals surface area contributed by atoms with E-state index in [1.54, 1.807) is 28.1 Å². The number of nitrogens with one attached hydrogen (secondary N) is 1. The Bertz CT molecular complexity index is 1420. The van der Waals surface area contributed by atoms with Gasteiger partial charge in [0.05, 0.1) is 23.6 Å². The van der Waals surface area contributed by atoms with E-state index in [0.29, 0.717) is 43.2 Å². The third-order valence-electron chi connectivity index (χ3n) is 7.57. The summed E-state index contributed by atoms with van der Waals surface area (Å²) in [5.74, 6) is -2.68. The van der Waals surface area contributed by atoms with Gasteiger partial charge in [0, 0.05) is 50.1 Å². The topological polar surface area (TPSA) is 83.4 Å². The Morgan fingerprint density at radius 2 is 2.03 bits per heavy atom. The first kappa shape index (κ1) is 26.9. The molecule has 2 saturated heterocycles. The van der Waals surface area contributed by atoms with Crippen LogP contribution in [0, 0.1) is 13.8 Å². The van der Waals surface area contributed by atoms with E-state index in [1.807, 2.05) is 30.5 Å². The maximum Gasteiger partial charge on any atom is 0.261 e. The number of imidazole rings is 1. The van der Waals surface area contributed by atoms with E-state index < -0.39 is 5.92 Å². The molecule has 2 aliphatic rings. The van der Waals surface area contributed by atoms with Crippen molar-refractivity contribution in [2.45, 2.75) is 58.0 Å². The summed E-state index contributed by atoms with van der Waals surface area (Å²) in [6, 6.07) is 7.19. The molecule has 3 aromatic rings. The van der Waals surface area contributed by atoms with Crippen molar-refractivity contribution >= 4 is 28.8 Å². The summed E-state index contributed by atoms with van der Waals surface area (Å²) in [4.78, 5) is 38.4. The van der Waals surface area contributed by atoms with Crippen molar-refractivity contribution in [1.29, 1.82) is 0 Å². The molecule has 0 spiro atoms. The fourth-order valence-electron chi connectivity index (χ4n) is 5.76. The second kappa shape index (κ2) is 10.8. The number of likely N-dealkylation sites (tertiary alicyclic amines) is 2. The van der Waals surface area contributed by atoms with E-state index >= 15 is 0 Å². The first-order valence-corrected chi connectivity index (χ1v) is 13.4. The summed E-state index contributed by atoms with van der Waals surface area (Å²) in [6.45, 7) is 9.07. The Hall–Kier alpha value is -3.66. The van der Waals surface area contributed by atoms with Crippen LogP contribution in [0.3, 0.4) is 0 Å². The summed E-state index contributed by atoms with van der Waals surface area (Å²) in [5.41, 5.74) is 4.58. The molecule has 1 unspecified atom stereocenters. The molecule has 8 nitrogen and oxygen atoms in total. The molecule has 2 amide bonds. The Labute approximate surface area is 226 Å². The summed E-state index contributed by atoms with van der Waals surface area (Å²) in [6.07, 6.45) is 5.41. The van der Waals surface area contributed by atoms with E-state index in [9.17, 15) is 18.4 Å². The number of nitrogens with zero attached hydrogens (tertiary/aromatic N) is 5. The van der Waals surface area contributed by atoms with Crippen molar-refractivity contribution in [3.05, 3.63) is 65.5 Å². The number of anilines is 1. The van der Waals surface area contributed by atoms with E-state index in [2.05, 4.69) is 16.9 Å². The van der Waals surface area contributed by atoms with Crippen LogP contribution in [0.1, 0.15) is 58.9 Å². The van der Waals surface area contributed by atoms with Crippen LogP contribution < -0.4 is 5.32 Å². The van der Waals surface area contributed by atoms with Crippen LogP contribution in [0.4, 0.5) is 14.7 Å². The number of hydrogen-bond acceptors (Lipinski definition) is 5. The van der Waals surface area contributed by atoms with Gasteiger partial charge in [0.15, 0.2) is 0 Å². The summed E-state index contributed by atoms with van der Waals surface area (Å²) >= 11 is 0. The van der Waals surface area contributed by atoms with Gasteiger partial charge in [-0.15, -0.1) is 0 Å². The Morgan fingerprint density at radius 3 is 2.74 bits per heavy atom. The van der Waals surface area contributed by atoms with Crippen LogP contribution in [0.2, 0.25) is 0 Å². The van der Waals surface area contributed by atoms with Crippen molar-refractivity contribution in [1.82, 2.24) is 24.3 Å². The molecule has 0 bridgehead atoms. The second-order valence-corrected chi connectivity index (χ2v) is 10.7. The number of rotatable bonds is 6. The van der Waals surface area contributed by atoms with Crippen LogP contribution in [0.25, 0.3) is 11.0 Å². The molecule has 1 atom stereocenters. The summed E-state index contributed by atoms with van der Waals surface area (Å²) in [5, 5.41) is 3.00. The second-order valence-electron chi connectivity index (χ2n) is 10.7. The minimum absolute atomic E-state index is 0.113. The lowest BCUT2D eigenvalue weighted by atomic mass is 10.1. The quantitative estimate of drug-likeness (QED) is 0.454. The molecule has 1 aromatic carbocycles. The minimum Gasteiger partial charge on any atom is -0.337 e. The lowest BCUT2D eigenvalue weighted by Crippen LogP contribution is -2.34. The predicted molar refractivity (Wildman–Crippen MR) is 146 cm³/mol. The van der Waals surface area contributed by atoms with Gasteiger partial charge in [-0.1, -0.05) is 12.6 Å². The number of carbonyl (C=O) groups excluding carboxylic acids is 2. The van der Waals surface area contributed by atoms with Gasteiger partial charge in [-0.2, -0.15) is 0 Å². The van der Waals surface area contributed by atoms with Crippen LogP contribution in [0.5, 0.6) is 0 Å². The Morgan fingerprint density at radius 1 is 1.21 bits per heavy atom. The van der Waals surface area contributed by atoms with Gasteiger partial charge in [-0.05, 0) is 68.5 Å². The van der Waals surface area contributed by atoms with Crippen molar-refractivity contribution in [3.63, 3.8) is 0 Å². The van der Waals surface area contributed by atoms with Gasteiger partial charge in [-0.3, -0.25) is 24.8 Å². The predicted octanol–water partition coefficient (Wildman–Crippen LogP) is 4.88. The van der Waals surface area contributed by atoms with Crippen LogP contribution in [-0.2, 0) is 11.3 Å². The van der Waals surface area contributed by atoms with E-state index in [0.717, 1.165) is 41.6 Å². The zero-order valence-electron chi connectivity index (χ0n) is 22.4. The number of halogens is 2. The highest BCUT2D eigenvalue weighted by Crippen LogP contribution is 2.34. The van der Waals surface area contributed by atoms with Gasteiger partial charge >= 0.3 is 0 Å². The van der Waals surface area contributed by atoms with Crippen molar-refractivity contribution in [2.75, 3.05) is 31.5 Å². The number of benzene rings is 1. The smallest absolute Gasteiger partial charge is 0.261 e. The Kier molecular flexibility index (Phi) is 7.48. The standard InChI is InChI=1S/C29H34F2N6O2/c1-4-25(38)36-11-6-5-7-23(17-36)37-26-19(2)13-21(16-35-12-9-29(30,31)18-35)15-24(26)33-28(37)34-27(39)22-8-10-32-20(3)14-22/h4,8,10,13-15,23H,1,5-7,9,11-12,16-18H2,2-3H3,(H,33,34,39). The zero-order valence-corrected chi connectivity index (χ0v) is 22.4. The molecule has 1 N–H and O–H groups in total. The highest BCUT2D eigenvalue weighted by molar-refractivity contribution is 6.04. The number of fused-ring (bicyclic) bond motifs is 1. The number of pyridine rings is 1. The maximum absolute atomic E-state index is 13.8. The normalized spacial score (nSPS) is 19.7. The molecule has 0 aliphatic carbocycles.